The van der Waals surface area contributed by atoms with Gasteiger partial charge in [0, 0.05) is 23.0 Å². The lowest BCUT2D eigenvalue weighted by Gasteiger charge is -2.07. The molecule has 0 aliphatic carbocycles. The normalized spacial score (nSPS) is 17.8. The zero-order chi connectivity index (χ0) is 13.0. The number of hydrogen-bond acceptors (Lipinski definition) is 3. The maximum Gasteiger partial charge on any atom is 0.264 e. The highest BCUT2D eigenvalue weighted by Crippen LogP contribution is 2.19. The molecule has 1 aromatic rings. The van der Waals surface area contributed by atoms with E-state index in [2.05, 4.69) is 33.0 Å². The molecule has 5 heteroatoms. The van der Waals surface area contributed by atoms with Crippen molar-refractivity contribution in [2.75, 3.05) is 6.54 Å². The quantitative estimate of drug-likeness (QED) is 0.867. The van der Waals surface area contributed by atoms with Gasteiger partial charge in [-0.05, 0) is 12.1 Å². The molecule has 94 valence electrons. The van der Waals surface area contributed by atoms with Crippen molar-refractivity contribution in [2.45, 2.75) is 12.5 Å². The van der Waals surface area contributed by atoms with E-state index in [1.807, 2.05) is 24.3 Å². The first-order chi connectivity index (χ1) is 8.70. The van der Waals surface area contributed by atoms with Gasteiger partial charge >= 0.3 is 0 Å². The van der Waals surface area contributed by atoms with E-state index in [0.29, 0.717) is 13.0 Å². The summed E-state index contributed by atoms with van der Waals surface area (Å²) in [7, 11) is 0. The highest BCUT2D eigenvalue weighted by Gasteiger charge is 2.28. The van der Waals surface area contributed by atoms with Gasteiger partial charge < -0.3 is 10.2 Å². The van der Waals surface area contributed by atoms with Crippen LogP contribution in [0.2, 0.25) is 0 Å². The molecule has 1 N–H and O–H groups in total. The standard InChI is InChI=1S/C13H13BrN2O2/c1-2-6-15-13(17)12-8-11(16-18-12)9-4-3-5-10(14)7-9/h2-5,7,12H,1,6,8H2,(H,15,17)/t12-/m0/s1. The number of oxime groups is 1. The molecule has 2 rings (SSSR count). The number of benzene rings is 1. The first kappa shape index (κ1) is 12.8. The summed E-state index contributed by atoms with van der Waals surface area (Å²) in [6.07, 6.45) is 1.57. The lowest BCUT2D eigenvalue weighted by atomic mass is 10.0. The molecule has 4 nitrogen and oxygen atoms in total. The Balaban J connectivity index is 1.99. The van der Waals surface area contributed by atoms with Gasteiger partial charge in [-0.15, -0.1) is 6.58 Å². The zero-order valence-corrected chi connectivity index (χ0v) is 11.3. The number of nitrogens with one attached hydrogen (secondary N) is 1. The summed E-state index contributed by atoms with van der Waals surface area (Å²) in [6.45, 7) is 3.98. The molecule has 0 fully saturated rings. The summed E-state index contributed by atoms with van der Waals surface area (Å²) < 4.78 is 0.974. The number of amides is 1. The van der Waals surface area contributed by atoms with Crippen molar-refractivity contribution in [3.63, 3.8) is 0 Å². The van der Waals surface area contributed by atoms with Crippen LogP contribution in [0, 0.1) is 0 Å². The SMILES string of the molecule is C=CCNC(=O)[C@@H]1CC(c2cccc(Br)c2)=NO1. The van der Waals surface area contributed by atoms with E-state index in [1.165, 1.54) is 0 Å². The van der Waals surface area contributed by atoms with Crippen molar-refractivity contribution in [3.8, 4) is 0 Å². The Morgan fingerprint density at radius 3 is 3.22 bits per heavy atom. The van der Waals surface area contributed by atoms with Gasteiger partial charge in [0.05, 0.1) is 5.71 Å². The minimum absolute atomic E-state index is 0.163. The molecule has 1 amide bonds. The Bertz CT molecular complexity index is 500. The third-order valence-electron chi connectivity index (χ3n) is 2.54. The van der Waals surface area contributed by atoms with Crippen molar-refractivity contribution in [1.82, 2.24) is 5.32 Å². The Labute approximate surface area is 114 Å². The third kappa shape index (κ3) is 2.98. The van der Waals surface area contributed by atoms with Crippen molar-refractivity contribution >= 4 is 27.5 Å². The fourth-order valence-electron chi connectivity index (χ4n) is 1.64. The van der Waals surface area contributed by atoms with Crippen LogP contribution in [0.4, 0.5) is 0 Å². The van der Waals surface area contributed by atoms with Crippen LogP contribution in [0.3, 0.4) is 0 Å². The smallest absolute Gasteiger partial charge is 0.264 e. The zero-order valence-electron chi connectivity index (χ0n) is 9.73. The lowest BCUT2D eigenvalue weighted by Crippen LogP contribution is -2.34. The summed E-state index contributed by atoms with van der Waals surface area (Å²) in [5.74, 6) is -0.163. The molecule has 0 bridgehead atoms. The maximum absolute atomic E-state index is 11.7. The minimum Gasteiger partial charge on any atom is -0.382 e. The molecule has 1 aliphatic heterocycles. The van der Waals surface area contributed by atoms with E-state index in [9.17, 15) is 4.79 Å². The fraction of sp³-hybridized carbons (Fsp3) is 0.231. The number of carbonyl (C=O) groups is 1. The van der Waals surface area contributed by atoms with Gasteiger partial charge in [-0.25, -0.2) is 0 Å². The summed E-state index contributed by atoms with van der Waals surface area (Å²) in [5.41, 5.74) is 1.75. The molecule has 1 heterocycles. The largest absolute Gasteiger partial charge is 0.382 e. The van der Waals surface area contributed by atoms with Crippen LogP contribution in [0.25, 0.3) is 0 Å². The topological polar surface area (TPSA) is 50.7 Å². The molecule has 0 unspecified atom stereocenters. The number of rotatable bonds is 4. The molecule has 0 saturated carbocycles. The van der Waals surface area contributed by atoms with Crippen molar-refractivity contribution in [2.24, 2.45) is 5.16 Å². The molecule has 0 aromatic heterocycles. The van der Waals surface area contributed by atoms with E-state index >= 15 is 0 Å². The molecule has 0 saturated heterocycles. The average molecular weight is 309 g/mol. The van der Waals surface area contributed by atoms with Crippen molar-refractivity contribution in [1.29, 1.82) is 0 Å². The predicted molar refractivity (Wildman–Crippen MR) is 73.4 cm³/mol. The van der Waals surface area contributed by atoms with Crippen LogP contribution >= 0.6 is 15.9 Å². The van der Waals surface area contributed by atoms with Gasteiger partial charge in [-0.1, -0.05) is 39.3 Å². The molecule has 0 spiro atoms. The van der Waals surface area contributed by atoms with E-state index in [-0.39, 0.29) is 5.91 Å². The van der Waals surface area contributed by atoms with E-state index in [4.69, 9.17) is 4.84 Å². The minimum atomic E-state index is -0.543. The van der Waals surface area contributed by atoms with Gasteiger partial charge in [0.2, 0.25) is 6.10 Å². The number of halogens is 1. The maximum atomic E-state index is 11.7. The first-order valence-corrected chi connectivity index (χ1v) is 6.37. The third-order valence-corrected chi connectivity index (χ3v) is 3.03. The summed E-state index contributed by atoms with van der Waals surface area (Å²) >= 11 is 3.40. The highest BCUT2D eigenvalue weighted by atomic mass is 79.9. The second-order valence-electron chi connectivity index (χ2n) is 3.88. The molecule has 1 aliphatic rings. The summed E-state index contributed by atoms with van der Waals surface area (Å²) in [5, 5.41) is 6.66. The molecule has 1 aromatic carbocycles. The molecule has 0 radical (unpaired) electrons. The Hall–Kier alpha value is -1.62. The van der Waals surface area contributed by atoms with Gasteiger partial charge in [0.25, 0.3) is 5.91 Å². The first-order valence-electron chi connectivity index (χ1n) is 5.58. The molecular formula is C13H13BrN2O2. The van der Waals surface area contributed by atoms with Gasteiger partial charge in [0.15, 0.2) is 0 Å². The number of hydrogen-bond donors (Lipinski definition) is 1. The fourth-order valence-corrected chi connectivity index (χ4v) is 2.04. The van der Waals surface area contributed by atoms with Gasteiger partial charge in [-0.2, -0.15) is 0 Å². The predicted octanol–water partition coefficient (Wildman–Crippen LogP) is 2.24. The Kier molecular flexibility index (Phi) is 4.15. The van der Waals surface area contributed by atoms with Crippen molar-refractivity contribution < 1.29 is 9.63 Å². The molecule has 1 atom stereocenters. The average Bonchev–Trinajstić information content (AvgIpc) is 2.85. The van der Waals surface area contributed by atoms with Gasteiger partial charge in [0.1, 0.15) is 0 Å². The second kappa shape index (κ2) is 5.82. The van der Waals surface area contributed by atoms with E-state index in [1.54, 1.807) is 6.08 Å². The Morgan fingerprint density at radius 2 is 2.50 bits per heavy atom. The number of carbonyl (C=O) groups excluding carboxylic acids is 1. The van der Waals surface area contributed by atoms with E-state index < -0.39 is 6.10 Å². The molecule has 18 heavy (non-hydrogen) atoms. The monoisotopic (exact) mass is 308 g/mol. The van der Waals surface area contributed by atoms with Crippen LogP contribution < -0.4 is 5.32 Å². The van der Waals surface area contributed by atoms with Gasteiger partial charge in [-0.3, -0.25) is 4.79 Å². The van der Waals surface area contributed by atoms with Crippen molar-refractivity contribution in [3.05, 3.63) is 47.0 Å². The van der Waals surface area contributed by atoms with Crippen LogP contribution in [0.5, 0.6) is 0 Å². The van der Waals surface area contributed by atoms with E-state index in [0.717, 1.165) is 15.7 Å². The van der Waals surface area contributed by atoms with Crippen LogP contribution in [0.1, 0.15) is 12.0 Å². The lowest BCUT2D eigenvalue weighted by molar-refractivity contribution is -0.130. The summed E-state index contributed by atoms with van der Waals surface area (Å²) in [6, 6.07) is 7.75. The second-order valence-corrected chi connectivity index (χ2v) is 4.80. The van der Waals surface area contributed by atoms with Crippen LogP contribution in [-0.4, -0.2) is 24.3 Å². The Morgan fingerprint density at radius 1 is 1.67 bits per heavy atom. The highest BCUT2D eigenvalue weighted by molar-refractivity contribution is 9.10. The number of nitrogens with zero attached hydrogens (tertiary/aromatic N) is 1. The molecular weight excluding hydrogens is 296 g/mol. The summed E-state index contributed by atoms with van der Waals surface area (Å²) in [4.78, 5) is 16.8. The van der Waals surface area contributed by atoms with Crippen LogP contribution in [-0.2, 0) is 9.63 Å². The van der Waals surface area contributed by atoms with Crippen LogP contribution in [0.15, 0.2) is 46.5 Å².